The van der Waals surface area contributed by atoms with Crippen LogP contribution in [0, 0.1) is 0 Å². The second kappa shape index (κ2) is 4.69. The van der Waals surface area contributed by atoms with E-state index in [-0.39, 0.29) is 6.04 Å². The third-order valence-corrected chi connectivity index (χ3v) is 2.51. The number of anilines is 3. The number of nitrogens with zero attached hydrogens (tertiary/aromatic N) is 2. The molecule has 2 rings (SSSR count). The van der Waals surface area contributed by atoms with Gasteiger partial charge in [-0.15, -0.1) is 0 Å². The molecular formula is C12H15N5. The lowest BCUT2D eigenvalue weighted by Crippen LogP contribution is -2.09. The van der Waals surface area contributed by atoms with Crippen molar-refractivity contribution in [2.75, 3.05) is 16.8 Å². The monoisotopic (exact) mass is 229 g/mol. The normalized spacial score (nSPS) is 12.1. The van der Waals surface area contributed by atoms with Crippen molar-refractivity contribution in [1.82, 2.24) is 9.97 Å². The van der Waals surface area contributed by atoms with E-state index in [0.29, 0.717) is 17.3 Å². The van der Waals surface area contributed by atoms with Crippen molar-refractivity contribution in [3.05, 3.63) is 42.2 Å². The SMILES string of the molecule is CC(Nc1ccc(N)c(N)n1)c1cccnc1. The minimum atomic E-state index is 0.110. The Labute approximate surface area is 99.9 Å². The topological polar surface area (TPSA) is 89.8 Å². The Morgan fingerprint density at radius 2 is 2.06 bits per heavy atom. The molecule has 0 amide bonds. The van der Waals surface area contributed by atoms with Gasteiger partial charge in [0.2, 0.25) is 0 Å². The summed E-state index contributed by atoms with van der Waals surface area (Å²) >= 11 is 0. The van der Waals surface area contributed by atoms with E-state index in [9.17, 15) is 0 Å². The highest BCUT2D eigenvalue weighted by Crippen LogP contribution is 2.20. The summed E-state index contributed by atoms with van der Waals surface area (Å²) in [5, 5.41) is 3.24. The zero-order valence-electron chi connectivity index (χ0n) is 9.59. The van der Waals surface area contributed by atoms with E-state index in [1.807, 2.05) is 25.3 Å². The van der Waals surface area contributed by atoms with Crippen LogP contribution in [0.3, 0.4) is 0 Å². The maximum Gasteiger partial charge on any atom is 0.149 e. The number of aromatic nitrogens is 2. The summed E-state index contributed by atoms with van der Waals surface area (Å²) < 4.78 is 0. The van der Waals surface area contributed by atoms with Gasteiger partial charge >= 0.3 is 0 Å². The van der Waals surface area contributed by atoms with Gasteiger partial charge in [0.1, 0.15) is 11.6 Å². The first-order chi connectivity index (χ1) is 8.16. The summed E-state index contributed by atoms with van der Waals surface area (Å²) in [7, 11) is 0. The Hall–Kier alpha value is -2.30. The van der Waals surface area contributed by atoms with Crippen molar-refractivity contribution < 1.29 is 0 Å². The number of hydrogen-bond donors (Lipinski definition) is 3. The predicted molar refractivity (Wildman–Crippen MR) is 69.3 cm³/mol. The molecule has 17 heavy (non-hydrogen) atoms. The number of rotatable bonds is 3. The zero-order chi connectivity index (χ0) is 12.3. The van der Waals surface area contributed by atoms with Crippen LogP contribution in [0.5, 0.6) is 0 Å². The number of pyridine rings is 2. The van der Waals surface area contributed by atoms with E-state index in [1.165, 1.54) is 0 Å². The van der Waals surface area contributed by atoms with Crippen molar-refractivity contribution in [1.29, 1.82) is 0 Å². The Bertz CT molecular complexity index is 498. The second-order valence-electron chi connectivity index (χ2n) is 3.82. The number of hydrogen-bond acceptors (Lipinski definition) is 5. The number of nitrogen functional groups attached to an aromatic ring is 2. The van der Waals surface area contributed by atoms with Crippen LogP contribution >= 0.6 is 0 Å². The van der Waals surface area contributed by atoms with Crippen LogP contribution in [0.4, 0.5) is 17.3 Å². The largest absolute Gasteiger partial charge is 0.396 e. The van der Waals surface area contributed by atoms with Gasteiger partial charge in [-0.25, -0.2) is 4.98 Å². The fourth-order valence-corrected chi connectivity index (χ4v) is 1.50. The molecule has 1 atom stereocenters. The fraction of sp³-hybridized carbons (Fsp3) is 0.167. The van der Waals surface area contributed by atoms with Gasteiger partial charge in [-0.05, 0) is 30.7 Å². The van der Waals surface area contributed by atoms with Crippen LogP contribution in [0.1, 0.15) is 18.5 Å². The maximum atomic E-state index is 5.65. The van der Waals surface area contributed by atoms with Crippen LogP contribution in [-0.2, 0) is 0 Å². The molecule has 0 aromatic carbocycles. The average molecular weight is 229 g/mol. The molecule has 5 N–H and O–H groups in total. The average Bonchev–Trinajstić information content (AvgIpc) is 2.35. The minimum absolute atomic E-state index is 0.110. The van der Waals surface area contributed by atoms with Crippen LogP contribution < -0.4 is 16.8 Å². The molecule has 0 bridgehead atoms. The van der Waals surface area contributed by atoms with Gasteiger partial charge in [0.05, 0.1) is 11.7 Å². The quantitative estimate of drug-likeness (QED) is 0.746. The van der Waals surface area contributed by atoms with Crippen LogP contribution in [0.2, 0.25) is 0 Å². The molecule has 1 unspecified atom stereocenters. The Morgan fingerprint density at radius 3 is 2.71 bits per heavy atom. The summed E-state index contributed by atoms with van der Waals surface area (Å²) in [5.74, 6) is 1.04. The third-order valence-electron chi connectivity index (χ3n) is 2.51. The molecule has 0 saturated carbocycles. The molecule has 2 heterocycles. The number of nitrogens with one attached hydrogen (secondary N) is 1. The van der Waals surface area contributed by atoms with Gasteiger partial charge in [-0.1, -0.05) is 6.07 Å². The van der Waals surface area contributed by atoms with Gasteiger partial charge in [-0.2, -0.15) is 0 Å². The Morgan fingerprint density at radius 1 is 1.24 bits per heavy atom. The predicted octanol–water partition coefficient (Wildman–Crippen LogP) is 1.81. The van der Waals surface area contributed by atoms with E-state index in [1.54, 1.807) is 18.3 Å². The van der Waals surface area contributed by atoms with E-state index in [4.69, 9.17) is 11.5 Å². The highest BCUT2D eigenvalue weighted by atomic mass is 15.0. The third kappa shape index (κ3) is 2.63. The zero-order valence-corrected chi connectivity index (χ0v) is 9.59. The first-order valence-corrected chi connectivity index (χ1v) is 5.35. The first-order valence-electron chi connectivity index (χ1n) is 5.35. The molecule has 0 spiro atoms. The smallest absolute Gasteiger partial charge is 0.149 e. The van der Waals surface area contributed by atoms with Gasteiger partial charge < -0.3 is 16.8 Å². The van der Waals surface area contributed by atoms with Crippen LogP contribution in [0.15, 0.2) is 36.7 Å². The van der Waals surface area contributed by atoms with Gasteiger partial charge in [-0.3, -0.25) is 4.98 Å². The van der Waals surface area contributed by atoms with Crippen molar-refractivity contribution in [3.8, 4) is 0 Å². The van der Waals surface area contributed by atoms with Gasteiger partial charge in [0.15, 0.2) is 0 Å². The van der Waals surface area contributed by atoms with E-state index in [0.717, 1.165) is 5.56 Å². The van der Waals surface area contributed by atoms with Gasteiger partial charge in [0.25, 0.3) is 0 Å². The van der Waals surface area contributed by atoms with Crippen molar-refractivity contribution in [2.45, 2.75) is 13.0 Å². The molecule has 2 aromatic heterocycles. The molecule has 0 radical (unpaired) electrons. The lowest BCUT2D eigenvalue weighted by molar-refractivity contribution is 0.867. The molecule has 5 nitrogen and oxygen atoms in total. The summed E-state index contributed by atoms with van der Waals surface area (Å²) in [6.45, 7) is 2.03. The minimum Gasteiger partial charge on any atom is -0.396 e. The highest BCUT2D eigenvalue weighted by Gasteiger charge is 2.06. The second-order valence-corrected chi connectivity index (χ2v) is 3.82. The lowest BCUT2D eigenvalue weighted by Gasteiger charge is -2.15. The Kier molecular flexibility index (Phi) is 3.09. The molecular weight excluding hydrogens is 214 g/mol. The number of nitrogens with two attached hydrogens (primary N) is 2. The van der Waals surface area contributed by atoms with Gasteiger partial charge in [0, 0.05) is 12.4 Å². The maximum absolute atomic E-state index is 5.65. The first kappa shape index (κ1) is 11.2. The summed E-state index contributed by atoms with van der Waals surface area (Å²) in [6.07, 6.45) is 3.56. The molecule has 0 fully saturated rings. The van der Waals surface area contributed by atoms with E-state index < -0.39 is 0 Å². The fourth-order valence-electron chi connectivity index (χ4n) is 1.50. The molecule has 0 aliphatic carbocycles. The van der Waals surface area contributed by atoms with Crippen molar-refractivity contribution in [3.63, 3.8) is 0 Å². The Balaban J connectivity index is 2.13. The molecule has 0 aliphatic heterocycles. The van der Waals surface area contributed by atoms with Crippen LogP contribution in [0.25, 0.3) is 0 Å². The summed E-state index contributed by atoms with van der Waals surface area (Å²) in [6, 6.07) is 7.56. The standard InChI is InChI=1S/C12H15N5/c1-8(9-3-2-6-15-7-9)16-11-5-4-10(13)12(14)17-11/h2-8H,13H2,1H3,(H3,14,16,17). The van der Waals surface area contributed by atoms with Crippen molar-refractivity contribution >= 4 is 17.3 Å². The lowest BCUT2D eigenvalue weighted by atomic mass is 10.1. The molecule has 88 valence electrons. The molecule has 2 aromatic rings. The molecule has 0 saturated heterocycles. The molecule has 5 heteroatoms. The highest BCUT2D eigenvalue weighted by molar-refractivity contribution is 5.61. The summed E-state index contributed by atoms with van der Waals surface area (Å²) in [4.78, 5) is 8.23. The van der Waals surface area contributed by atoms with Crippen molar-refractivity contribution in [2.24, 2.45) is 0 Å². The van der Waals surface area contributed by atoms with E-state index >= 15 is 0 Å². The van der Waals surface area contributed by atoms with Crippen LogP contribution in [-0.4, -0.2) is 9.97 Å². The van der Waals surface area contributed by atoms with E-state index in [2.05, 4.69) is 15.3 Å². The molecule has 0 aliphatic rings. The summed E-state index contributed by atoms with van der Waals surface area (Å²) in [5.41, 5.74) is 12.8.